The van der Waals surface area contributed by atoms with Crippen molar-refractivity contribution in [3.63, 3.8) is 0 Å². The van der Waals surface area contributed by atoms with E-state index in [0.29, 0.717) is 40.0 Å². The summed E-state index contributed by atoms with van der Waals surface area (Å²) < 4.78 is 36.2. The van der Waals surface area contributed by atoms with Crippen LogP contribution in [0, 0.1) is 0 Å². The Balaban J connectivity index is 4.34. The van der Waals surface area contributed by atoms with Gasteiger partial charge in [0.15, 0.2) is 6.73 Å². The van der Waals surface area contributed by atoms with Gasteiger partial charge in [0.2, 0.25) is 0 Å². The molecule has 8 nitrogen and oxygen atoms in total. The van der Waals surface area contributed by atoms with Crippen molar-refractivity contribution in [1.29, 1.82) is 0 Å². The van der Waals surface area contributed by atoms with Crippen molar-refractivity contribution < 1.29 is 37.7 Å². The van der Waals surface area contributed by atoms with Gasteiger partial charge >= 0.3 is 5.97 Å². The van der Waals surface area contributed by atoms with E-state index >= 15 is 0 Å². The lowest BCUT2D eigenvalue weighted by molar-refractivity contribution is -0.909. The molecule has 0 rings (SSSR count). The van der Waals surface area contributed by atoms with Gasteiger partial charge in [-0.05, 0) is 141 Å². The number of carbonyl (C=O) groups excluding carboxylic acids is 1. The van der Waals surface area contributed by atoms with Crippen LogP contribution in [-0.4, -0.2) is 90.5 Å². The summed E-state index contributed by atoms with van der Waals surface area (Å²) in [6.45, 7) is 12.4. The lowest BCUT2D eigenvalue weighted by Gasteiger charge is -2.29. The van der Waals surface area contributed by atoms with Gasteiger partial charge in [-0.25, -0.2) is 0 Å². The minimum atomic E-state index is -0.150. The van der Waals surface area contributed by atoms with Gasteiger partial charge in [-0.2, -0.15) is 0 Å². The number of quaternary nitrogens is 1. The average Bonchev–Trinajstić information content (AvgIpc) is 3.43. The van der Waals surface area contributed by atoms with E-state index in [1.54, 1.807) is 0 Å². The summed E-state index contributed by atoms with van der Waals surface area (Å²) >= 11 is 0. The third-order valence-electron chi connectivity index (χ3n) is 14.3. The normalized spacial score (nSPS) is 12.6. The fraction of sp³-hybridized carbons (Fsp3) is 0.814. The molecule has 0 N–H and O–H groups in total. The molecule has 0 unspecified atom stereocenters. The van der Waals surface area contributed by atoms with Crippen LogP contribution in [-0.2, 0) is 33.2 Å². The Morgan fingerprint density at radius 1 is 0.346 bits per heavy atom. The highest BCUT2D eigenvalue weighted by atomic mass is 16.7. The predicted molar refractivity (Wildman–Crippen MR) is 337 cm³/mol. The van der Waals surface area contributed by atoms with E-state index in [1.165, 1.54) is 193 Å². The number of hydrogen-bond acceptors (Lipinski definition) is 7. The first-order valence-corrected chi connectivity index (χ1v) is 33.2. The molecule has 0 atom stereocenters. The number of unbranched alkanes of at least 4 members (excludes halogenated alkanes) is 27. The molecule has 0 spiro atoms. The topological polar surface area (TPSA) is 72.5 Å². The molecule has 0 bridgehead atoms. The summed E-state index contributed by atoms with van der Waals surface area (Å²) in [5, 5.41) is 0. The number of rotatable bonds is 64. The summed E-state index contributed by atoms with van der Waals surface area (Å²) in [6.07, 6.45) is 77.0. The van der Waals surface area contributed by atoms with Crippen LogP contribution in [0.1, 0.15) is 290 Å². The van der Waals surface area contributed by atoms with Crippen molar-refractivity contribution in [1.82, 2.24) is 0 Å². The number of allylic oxidation sites excluding steroid dienone is 12. The lowest BCUT2D eigenvalue weighted by atomic mass is 10.1. The second-order valence-corrected chi connectivity index (χ2v) is 22.8. The maximum absolute atomic E-state index is 13.1. The zero-order valence-corrected chi connectivity index (χ0v) is 52.4. The molecule has 0 aromatic carbocycles. The molecular formula is C70H130NO7+. The van der Waals surface area contributed by atoms with Crippen molar-refractivity contribution in [3.8, 4) is 0 Å². The third-order valence-corrected chi connectivity index (χ3v) is 14.3. The second-order valence-electron chi connectivity index (χ2n) is 22.8. The van der Waals surface area contributed by atoms with Crippen LogP contribution in [0.2, 0.25) is 0 Å². The summed E-state index contributed by atoms with van der Waals surface area (Å²) in [6, 6.07) is 0. The summed E-state index contributed by atoms with van der Waals surface area (Å²) in [7, 11) is 4.38. The number of hydrogen-bond donors (Lipinski definition) is 0. The molecule has 0 aromatic heterocycles. The van der Waals surface area contributed by atoms with Crippen molar-refractivity contribution >= 4 is 5.97 Å². The highest BCUT2D eigenvalue weighted by Gasteiger charge is 2.19. The Hall–Kier alpha value is -2.33. The maximum Gasteiger partial charge on any atom is 0.306 e. The largest absolute Gasteiger partial charge is 0.462 e. The van der Waals surface area contributed by atoms with Crippen molar-refractivity contribution in [2.24, 2.45) is 0 Å². The summed E-state index contributed by atoms with van der Waals surface area (Å²) in [4.78, 5) is 13.1. The van der Waals surface area contributed by atoms with Crippen LogP contribution >= 0.6 is 0 Å². The molecule has 8 heteroatoms. The van der Waals surface area contributed by atoms with Crippen LogP contribution < -0.4 is 0 Å². The van der Waals surface area contributed by atoms with Crippen molar-refractivity contribution in [2.75, 3.05) is 74.0 Å². The highest BCUT2D eigenvalue weighted by molar-refractivity contribution is 5.69. The first kappa shape index (κ1) is 75.7. The van der Waals surface area contributed by atoms with E-state index in [2.05, 4.69) is 108 Å². The number of ether oxygens (including phenoxy) is 6. The molecule has 0 aliphatic rings. The van der Waals surface area contributed by atoms with Gasteiger partial charge in [-0.3, -0.25) is 4.79 Å². The standard InChI is InChI=1S/C70H130NO7/c1-6-9-12-15-18-21-24-27-30-33-36-39-42-45-48-51-61-73-66-71(4,5)60-54-59-70(72)78-69(57-55-64-76-67-74-62-52-49-46-43-40-37-34-31-28-25-22-19-16-13-10-7-2)58-56-65-77-68-75-63-53-50-47-44-41-38-35-32-29-26-23-20-17-14-11-8-3/h18-23,27-32,69H,6-17,24-26,33-68H2,1-5H3/q+1/b21-18-,22-19-,23-20-,30-27-,31-28-,32-29-. The molecule has 0 aliphatic carbocycles. The lowest BCUT2D eigenvalue weighted by Crippen LogP contribution is -2.42. The zero-order chi connectivity index (χ0) is 56.4. The molecule has 0 radical (unpaired) electrons. The Morgan fingerprint density at radius 2 is 0.641 bits per heavy atom. The molecule has 456 valence electrons. The van der Waals surface area contributed by atoms with E-state index in [1.807, 2.05) is 0 Å². The number of nitrogens with zero attached hydrogens (tertiary/aromatic N) is 1. The predicted octanol–water partition coefficient (Wildman–Crippen LogP) is 20.7. The first-order chi connectivity index (χ1) is 38.4. The minimum absolute atomic E-state index is 0.114. The van der Waals surface area contributed by atoms with Crippen LogP contribution in [0.5, 0.6) is 0 Å². The van der Waals surface area contributed by atoms with Gasteiger partial charge in [-0.1, -0.05) is 209 Å². The number of esters is 1. The van der Waals surface area contributed by atoms with Crippen molar-refractivity contribution in [3.05, 3.63) is 72.9 Å². The van der Waals surface area contributed by atoms with Gasteiger partial charge in [0.1, 0.15) is 19.7 Å². The van der Waals surface area contributed by atoms with Gasteiger partial charge in [0, 0.05) is 32.8 Å². The average molecular weight is 1100 g/mol. The Bertz CT molecular complexity index is 1310. The van der Waals surface area contributed by atoms with E-state index < -0.39 is 0 Å². The van der Waals surface area contributed by atoms with Crippen LogP contribution in [0.3, 0.4) is 0 Å². The summed E-state index contributed by atoms with van der Waals surface area (Å²) in [5.74, 6) is -0.114. The molecule has 0 fully saturated rings. The van der Waals surface area contributed by atoms with Gasteiger partial charge in [0.05, 0.1) is 33.7 Å². The van der Waals surface area contributed by atoms with E-state index in [4.69, 9.17) is 28.4 Å². The fourth-order valence-corrected chi connectivity index (χ4v) is 9.29. The Kier molecular flexibility index (Phi) is 63.5. The molecule has 0 aromatic rings. The molecule has 0 aliphatic heterocycles. The summed E-state index contributed by atoms with van der Waals surface area (Å²) in [5.41, 5.74) is 0. The Morgan fingerprint density at radius 3 is 0.987 bits per heavy atom. The monoisotopic (exact) mass is 1100 g/mol. The van der Waals surface area contributed by atoms with Gasteiger partial charge in [0.25, 0.3) is 0 Å². The smallest absolute Gasteiger partial charge is 0.306 e. The molecule has 0 amide bonds. The molecule has 0 saturated carbocycles. The molecule has 78 heavy (non-hydrogen) atoms. The fourth-order valence-electron chi connectivity index (χ4n) is 9.29. The SMILES string of the molecule is CCCCC/C=C\C/C=C\CCCCCCCCOCOCCCC(CCCOCOCCCCCCCC/C=C\C/C=C\CCCCC)OC(=O)CCC[N+](C)(C)COCCCCCCCC/C=C\C/C=C\CCCCC. The first-order valence-electron chi connectivity index (χ1n) is 33.2. The van der Waals surface area contributed by atoms with E-state index in [9.17, 15) is 4.79 Å². The van der Waals surface area contributed by atoms with E-state index in [0.717, 1.165) is 101 Å². The molecular weight excluding hydrogens is 967 g/mol. The van der Waals surface area contributed by atoms with Crippen LogP contribution in [0.4, 0.5) is 0 Å². The minimum Gasteiger partial charge on any atom is -0.462 e. The Labute approximate surface area is 485 Å². The maximum atomic E-state index is 13.1. The van der Waals surface area contributed by atoms with E-state index in [-0.39, 0.29) is 12.1 Å². The van der Waals surface area contributed by atoms with Gasteiger partial charge in [-0.15, -0.1) is 0 Å². The van der Waals surface area contributed by atoms with Gasteiger partial charge < -0.3 is 32.9 Å². The third kappa shape index (κ3) is 64.5. The molecule has 0 saturated heterocycles. The van der Waals surface area contributed by atoms with Crippen molar-refractivity contribution in [2.45, 2.75) is 297 Å². The second kappa shape index (κ2) is 65.5. The highest BCUT2D eigenvalue weighted by Crippen LogP contribution is 2.15. The van der Waals surface area contributed by atoms with Crippen LogP contribution in [0.25, 0.3) is 0 Å². The molecule has 0 heterocycles. The quantitative estimate of drug-likeness (QED) is 0.0198. The zero-order valence-electron chi connectivity index (χ0n) is 52.4. The van der Waals surface area contributed by atoms with Crippen LogP contribution in [0.15, 0.2) is 72.9 Å². The number of carbonyl (C=O) groups is 1.